The third kappa shape index (κ3) is 3.47. The molecule has 0 fully saturated rings. The van der Waals surface area contributed by atoms with Gasteiger partial charge in [-0.3, -0.25) is 0 Å². The van der Waals surface area contributed by atoms with Crippen LogP contribution < -0.4 is 0 Å². The van der Waals surface area contributed by atoms with Gasteiger partial charge in [-0.2, -0.15) is 0 Å². The van der Waals surface area contributed by atoms with Crippen LogP contribution >= 0.6 is 11.6 Å². The predicted molar refractivity (Wildman–Crippen MR) is 78.2 cm³/mol. The number of nitrogens with zero attached hydrogens (tertiary/aromatic N) is 2. The van der Waals surface area contributed by atoms with Crippen molar-refractivity contribution in [3.63, 3.8) is 0 Å². The summed E-state index contributed by atoms with van der Waals surface area (Å²) in [5.74, 6) is 1.23. The third-order valence-electron chi connectivity index (χ3n) is 3.19. The Morgan fingerprint density at radius 1 is 1.32 bits per heavy atom. The number of hydrogen-bond acceptors (Lipinski definition) is 1. The zero-order valence-electron chi connectivity index (χ0n) is 11.7. The van der Waals surface area contributed by atoms with Crippen LogP contribution in [0.3, 0.4) is 0 Å². The van der Waals surface area contributed by atoms with E-state index >= 15 is 0 Å². The molecule has 0 spiro atoms. The van der Waals surface area contributed by atoms with Gasteiger partial charge in [0.2, 0.25) is 0 Å². The molecule has 104 valence electrons. The number of hydrogen-bond donors (Lipinski definition) is 0. The Labute approximate surface area is 118 Å². The number of alkyl halides is 1. The van der Waals surface area contributed by atoms with Crippen LogP contribution in [0.2, 0.25) is 0 Å². The van der Waals surface area contributed by atoms with E-state index in [1.807, 2.05) is 0 Å². The Morgan fingerprint density at radius 3 is 2.68 bits per heavy atom. The molecule has 0 amide bonds. The van der Waals surface area contributed by atoms with E-state index in [0.717, 1.165) is 24.3 Å². The van der Waals surface area contributed by atoms with E-state index in [9.17, 15) is 4.39 Å². The highest BCUT2D eigenvalue weighted by Crippen LogP contribution is 2.24. The predicted octanol–water partition coefficient (Wildman–Crippen LogP) is 4.39. The molecular weight excluding hydrogens is 263 g/mol. The van der Waals surface area contributed by atoms with Crippen molar-refractivity contribution in [1.29, 1.82) is 0 Å². The molecule has 0 bridgehead atoms. The number of fused-ring (bicyclic) bond motifs is 1. The first kappa shape index (κ1) is 14.3. The molecule has 0 radical (unpaired) electrons. The molecule has 1 aromatic carbocycles. The lowest BCUT2D eigenvalue weighted by Gasteiger charge is -2.19. The molecule has 0 aliphatic carbocycles. The normalized spacial score (nSPS) is 12.3. The van der Waals surface area contributed by atoms with Crippen molar-refractivity contribution >= 4 is 22.6 Å². The summed E-state index contributed by atoms with van der Waals surface area (Å²) in [4.78, 5) is 4.50. The number of aromatic nitrogens is 2. The Balaban J connectivity index is 2.40. The van der Waals surface area contributed by atoms with Crippen molar-refractivity contribution in [1.82, 2.24) is 9.55 Å². The monoisotopic (exact) mass is 282 g/mol. The zero-order chi connectivity index (χ0) is 14.0. The van der Waals surface area contributed by atoms with Gasteiger partial charge < -0.3 is 4.57 Å². The van der Waals surface area contributed by atoms with E-state index in [1.54, 1.807) is 6.07 Å². The first-order valence-corrected chi connectivity index (χ1v) is 7.15. The molecular formula is C15H20ClFN2. The molecule has 0 aliphatic rings. The molecule has 4 heteroatoms. The van der Waals surface area contributed by atoms with Gasteiger partial charge >= 0.3 is 0 Å². The van der Waals surface area contributed by atoms with Gasteiger partial charge in [-0.1, -0.05) is 20.8 Å². The van der Waals surface area contributed by atoms with Gasteiger partial charge in [0.15, 0.2) is 0 Å². The second-order valence-corrected chi connectivity index (χ2v) is 6.44. The summed E-state index contributed by atoms with van der Waals surface area (Å²) >= 11 is 5.83. The summed E-state index contributed by atoms with van der Waals surface area (Å²) in [7, 11) is 0. The second-order valence-electron chi connectivity index (χ2n) is 6.06. The lowest BCUT2D eigenvalue weighted by molar-refractivity contribution is 0.350. The maximum atomic E-state index is 13.3. The van der Waals surface area contributed by atoms with Crippen LogP contribution in [0.4, 0.5) is 4.39 Å². The Morgan fingerprint density at radius 2 is 2.05 bits per heavy atom. The molecule has 2 aromatic rings. The minimum Gasteiger partial charge on any atom is -0.328 e. The van der Waals surface area contributed by atoms with Gasteiger partial charge in [-0.05, 0) is 24.0 Å². The lowest BCUT2D eigenvalue weighted by Crippen LogP contribution is -2.12. The maximum Gasteiger partial charge on any atom is 0.125 e. The van der Waals surface area contributed by atoms with Gasteiger partial charge in [0.25, 0.3) is 0 Å². The summed E-state index contributed by atoms with van der Waals surface area (Å²) in [5.41, 5.74) is 1.97. The van der Waals surface area contributed by atoms with Crippen molar-refractivity contribution in [2.45, 2.75) is 40.2 Å². The van der Waals surface area contributed by atoms with Crippen molar-refractivity contribution in [2.75, 3.05) is 5.88 Å². The van der Waals surface area contributed by atoms with E-state index in [4.69, 9.17) is 11.6 Å². The molecule has 2 rings (SSSR count). The number of imidazole rings is 1. The molecule has 0 atom stereocenters. The summed E-state index contributed by atoms with van der Waals surface area (Å²) in [6.45, 7) is 7.53. The molecule has 0 N–H and O–H groups in total. The highest BCUT2D eigenvalue weighted by Gasteiger charge is 2.15. The number of rotatable bonds is 4. The summed E-state index contributed by atoms with van der Waals surface area (Å²) < 4.78 is 15.4. The van der Waals surface area contributed by atoms with Gasteiger partial charge in [0.1, 0.15) is 11.6 Å². The van der Waals surface area contributed by atoms with Crippen LogP contribution in [-0.4, -0.2) is 15.4 Å². The van der Waals surface area contributed by atoms with E-state index in [1.165, 1.54) is 12.1 Å². The van der Waals surface area contributed by atoms with E-state index in [2.05, 4.69) is 30.3 Å². The number of benzene rings is 1. The van der Waals surface area contributed by atoms with Crippen LogP contribution in [0.15, 0.2) is 18.2 Å². The second kappa shape index (κ2) is 5.49. The summed E-state index contributed by atoms with van der Waals surface area (Å²) in [6.07, 6.45) is 1.76. The number of aryl methyl sites for hydroxylation is 2. The molecule has 0 saturated heterocycles. The van der Waals surface area contributed by atoms with Crippen LogP contribution in [0.1, 0.15) is 33.0 Å². The van der Waals surface area contributed by atoms with Crippen LogP contribution in [0.5, 0.6) is 0 Å². The van der Waals surface area contributed by atoms with E-state index in [-0.39, 0.29) is 11.2 Å². The quantitative estimate of drug-likeness (QED) is 0.760. The Hall–Kier alpha value is -1.09. The van der Waals surface area contributed by atoms with Crippen molar-refractivity contribution in [2.24, 2.45) is 5.41 Å². The minimum absolute atomic E-state index is 0.245. The van der Waals surface area contributed by atoms with E-state index < -0.39 is 0 Å². The van der Waals surface area contributed by atoms with Crippen molar-refractivity contribution in [3.05, 3.63) is 29.8 Å². The van der Waals surface area contributed by atoms with E-state index in [0.29, 0.717) is 17.8 Å². The number of halogens is 2. The Bertz CT molecular complexity index is 569. The summed E-state index contributed by atoms with van der Waals surface area (Å²) in [6, 6.07) is 4.78. The van der Waals surface area contributed by atoms with Gasteiger partial charge in [0.05, 0.1) is 11.0 Å². The average Bonchev–Trinajstić information content (AvgIpc) is 2.62. The highest BCUT2D eigenvalue weighted by atomic mass is 35.5. The molecule has 0 unspecified atom stereocenters. The van der Waals surface area contributed by atoms with Crippen LogP contribution in [0.25, 0.3) is 11.0 Å². The van der Waals surface area contributed by atoms with Crippen molar-refractivity contribution in [3.8, 4) is 0 Å². The summed E-state index contributed by atoms with van der Waals surface area (Å²) in [5, 5.41) is 0. The fraction of sp³-hybridized carbons (Fsp3) is 0.533. The first-order valence-electron chi connectivity index (χ1n) is 6.61. The highest BCUT2D eigenvalue weighted by molar-refractivity contribution is 6.17. The third-order valence-corrected chi connectivity index (χ3v) is 3.38. The van der Waals surface area contributed by atoms with Gasteiger partial charge in [0, 0.05) is 24.9 Å². The van der Waals surface area contributed by atoms with Crippen LogP contribution in [-0.2, 0) is 13.0 Å². The Kier molecular flexibility index (Phi) is 4.14. The standard InChI is InChI=1S/C15H20ClFN2/c1-15(2,3)7-9-19-13-5-4-11(17)10-12(13)18-14(19)6-8-16/h4-5,10H,6-9H2,1-3H3. The maximum absolute atomic E-state index is 13.3. The SMILES string of the molecule is CC(C)(C)CCn1c(CCCl)nc2cc(F)ccc21. The van der Waals surface area contributed by atoms with Crippen molar-refractivity contribution < 1.29 is 4.39 Å². The van der Waals surface area contributed by atoms with Gasteiger partial charge in [-0.15, -0.1) is 11.6 Å². The fourth-order valence-electron chi connectivity index (χ4n) is 2.12. The molecule has 2 nitrogen and oxygen atoms in total. The molecule has 1 aromatic heterocycles. The fourth-order valence-corrected chi connectivity index (χ4v) is 2.29. The minimum atomic E-state index is -0.245. The zero-order valence-corrected chi connectivity index (χ0v) is 12.5. The topological polar surface area (TPSA) is 17.8 Å². The molecule has 19 heavy (non-hydrogen) atoms. The lowest BCUT2D eigenvalue weighted by atomic mass is 9.92. The largest absolute Gasteiger partial charge is 0.328 e. The molecule has 1 heterocycles. The first-order chi connectivity index (χ1) is 8.90. The van der Waals surface area contributed by atoms with Crippen LogP contribution in [0, 0.1) is 11.2 Å². The average molecular weight is 283 g/mol. The van der Waals surface area contributed by atoms with Gasteiger partial charge in [-0.25, -0.2) is 9.37 Å². The molecule has 0 saturated carbocycles. The smallest absolute Gasteiger partial charge is 0.125 e. The molecule has 0 aliphatic heterocycles.